The summed E-state index contributed by atoms with van der Waals surface area (Å²) in [5, 5.41) is 4.34. The van der Waals surface area contributed by atoms with Crippen LogP contribution >= 0.6 is 11.3 Å². The van der Waals surface area contributed by atoms with Crippen molar-refractivity contribution in [3.05, 3.63) is 40.7 Å². The van der Waals surface area contributed by atoms with Crippen molar-refractivity contribution < 1.29 is 13.2 Å². The lowest BCUT2D eigenvalue weighted by molar-refractivity contribution is -0.0282. The third-order valence-electron chi connectivity index (χ3n) is 9.32. The second-order valence-corrected chi connectivity index (χ2v) is 15.8. The second kappa shape index (κ2) is 9.12. The maximum atomic E-state index is 13.6. The average Bonchev–Trinajstić information content (AvgIpc) is 3.59. The van der Waals surface area contributed by atoms with Gasteiger partial charge in [0.2, 0.25) is 0 Å². The van der Waals surface area contributed by atoms with Gasteiger partial charge in [0.1, 0.15) is 6.33 Å². The Morgan fingerprint density at radius 3 is 2.58 bits per heavy atom. The normalized spacial score (nSPS) is 24.0. The molecule has 4 aromatic rings. The van der Waals surface area contributed by atoms with Crippen LogP contribution in [0.25, 0.3) is 27.1 Å². The number of H-pyrrole nitrogens is 1. The van der Waals surface area contributed by atoms with Gasteiger partial charge < -0.3 is 9.88 Å². The molecule has 1 aliphatic carbocycles. The minimum atomic E-state index is -2.78. The Morgan fingerprint density at radius 1 is 1.18 bits per heavy atom. The highest BCUT2D eigenvalue weighted by atomic mass is 32.2. The zero-order valence-corrected chi connectivity index (χ0v) is 25.1. The number of rotatable bonds is 5. The number of sulfone groups is 1. The number of nitrogens with one attached hydrogen (secondary N) is 1. The number of thiophene rings is 1. The first kappa shape index (κ1) is 26.2. The van der Waals surface area contributed by atoms with Gasteiger partial charge in [-0.25, -0.2) is 17.9 Å². The number of fused-ring (bicyclic) bond motifs is 2. The first-order chi connectivity index (χ1) is 19.0. The molecule has 2 aliphatic heterocycles. The molecule has 1 saturated carbocycles. The average molecular weight is 581 g/mol. The molecule has 40 heavy (non-hydrogen) atoms. The van der Waals surface area contributed by atoms with Crippen molar-refractivity contribution in [3.63, 3.8) is 0 Å². The second-order valence-electron chi connectivity index (χ2n) is 12.7. The minimum Gasteiger partial charge on any atom is -0.354 e. The van der Waals surface area contributed by atoms with Crippen LogP contribution in [-0.4, -0.2) is 87.4 Å². The molecule has 4 aromatic heterocycles. The van der Waals surface area contributed by atoms with Crippen molar-refractivity contribution in [3.8, 4) is 11.3 Å². The van der Waals surface area contributed by atoms with Gasteiger partial charge >= 0.3 is 0 Å². The monoisotopic (exact) mass is 580 g/mol. The van der Waals surface area contributed by atoms with Crippen molar-refractivity contribution in [1.82, 2.24) is 29.4 Å². The fraction of sp³-hybridized carbons (Fsp3) is 0.552. The first-order valence-electron chi connectivity index (χ1n) is 14.2. The SMILES string of the molecule is Cc1cc(-c2[nH]c3cc(C(=O)N(C)C4CCC(N5CC6(C5)CS(=O)(=O)C6)CC4)sc3c2C(C)C)cn2ncnc12. The van der Waals surface area contributed by atoms with Crippen molar-refractivity contribution in [2.45, 2.75) is 64.5 Å². The van der Waals surface area contributed by atoms with E-state index in [2.05, 4.69) is 46.8 Å². The summed E-state index contributed by atoms with van der Waals surface area (Å²) in [4.78, 5) is 26.8. The standard InChI is InChI=1S/C29H36N6O3S2/c1-17(2)24-25(19-9-18(3)27-30-16-31-35(27)11-19)32-22-10-23(39-26(22)24)28(36)33(4)20-5-7-21(8-6-20)34-12-29(13-34)14-40(37,38)15-29/h9-11,16-17,20-21,32H,5-8,12-15H2,1-4H3. The highest BCUT2D eigenvalue weighted by molar-refractivity contribution is 7.92. The van der Waals surface area contributed by atoms with Gasteiger partial charge in [-0.05, 0) is 61.8 Å². The summed E-state index contributed by atoms with van der Waals surface area (Å²) in [6.07, 6.45) is 7.70. The van der Waals surface area contributed by atoms with Gasteiger partial charge in [-0.3, -0.25) is 9.69 Å². The van der Waals surface area contributed by atoms with Crippen LogP contribution in [0.1, 0.15) is 66.2 Å². The smallest absolute Gasteiger partial charge is 0.264 e. The summed E-state index contributed by atoms with van der Waals surface area (Å²) in [5.74, 6) is 1.12. The van der Waals surface area contributed by atoms with Crippen LogP contribution in [0.3, 0.4) is 0 Å². The highest BCUT2D eigenvalue weighted by Crippen LogP contribution is 2.45. The van der Waals surface area contributed by atoms with Crippen LogP contribution in [0, 0.1) is 12.3 Å². The Labute approximate surface area is 238 Å². The maximum Gasteiger partial charge on any atom is 0.264 e. The third kappa shape index (κ3) is 4.19. The van der Waals surface area contributed by atoms with Gasteiger partial charge in [0, 0.05) is 49.4 Å². The van der Waals surface area contributed by atoms with Gasteiger partial charge in [0.05, 0.1) is 32.3 Å². The molecule has 6 heterocycles. The van der Waals surface area contributed by atoms with Crippen molar-refractivity contribution in [2.24, 2.45) is 5.41 Å². The number of aromatic amines is 1. The number of hydrogen-bond donors (Lipinski definition) is 1. The largest absolute Gasteiger partial charge is 0.354 e. The Morgan fingerprint density at radius 2 is 1.90 bits per heavy atom. The molecular formula is C29H36N6O3S2. The van der Waals surface area contributed by atoms with Gasteiger partial charge in [-0.1, -0.05) is 13.8 Å². The molecule has 7 rings (SSSR count). The van der Waals surface area contributed by atoms with Crippen molar-refractivity contribution in [2.75, 3.05) is 31.6 Å². The maximum absolute atomic E-state index is 13.6. The minimum absolute atomic E-state index is 0.0428. The lowest BCUT2D eigenvalue weighted by Gasteiger charge is -2.58. The van der Waals surface area contributed by atoms with Gasteiger partial charge in [0.25, 0.3) is 5.91 Å². The number of nitrogens with zero attached hydrogens (tertiary/aromatic N) is 5. The molecule has 1 amide bonds. The van der Waals surface area contributed by atoms with E-state index in [0.717, 1.165) is 76.3 Å². The summed E-state index contributed by atoms with van der Waals surface area (Å²) in [5.41, 5.74) is 6.35. The van der Waals surface area contributed by atoms with Crippen LogP contribution in [-0.2, 0) is 9.84 Å². The van der Waals surface area contributed by atoms with E-state index in [9.17, 15) is 13.2 Å². The number of pyridine rings is 1. The molecule has 0 aromatic carbocycles. The number of hydrogen-bond acceptors (Lipinski definition) is 7. The van der Waals surface area contributed by atoms with E-state index in [-0.39, 0.29) is 23.3 Å². The zero-order chi connectivity index (χ0) is 28.0. The molecule has 1 spiro atoms. The molecule has 0 atom stereocenters. The molecule has 1 N–H and O–H groups in total. The third-order valence-corrected chi connectivity index (χ3v) is 12.6. The summed E-state index contributed by atoms with van der Waals surface area (Å²) >= 11 is 1.59. The first-order valence-corrected chi connectivity index (χ1v) is 16.8. The van der Waals surface area contributed by atoms with E-state index in [0.29, 0.717) is 17.5 Å². The van der Waals surface area contributed by atoms with Crippen LogP contribution in [0.4, 0.5) is 0 Å². The quantitative estimate of drug-likeness (QED) is 0.373. The Balaban J connectivity index is 1.05. The predicted octanol–water partition coefficient (Wildman–Crippen LogP) is 4.48. The fourth-order valence-corrected chi connectivity index (χ4v) is 10.9. The summed E-state index contributed by atoms with van der Waals surface area (Å²) < 4.78 is 26.2. The van der Waals surface area contributed by atoms with Crippen LogP contribution < -0.4 is 0 Å². The van der Waals surface area contributed by atoms with Gasteiger partial charge in [-0.2, -0.15) is 5.10 Å². The molecule has 9 nitrogen and oxygen atoms in total. The summed E-state index contributed by atoms with van der Waals surface area (Å²) in [6, 6.07) is 4.92. The number of carbonyl (C=O) groups excluding carboxylic acids is 1. The molecule has 0 radical (unpaired) electrons. The molecule has 212 valence electrons. The fourth-order valence-electron chi connectivity index (χ4n) is 7.41. The molecule has 2 saturated heterocycles. The molecular weight excluding hydrogens is 544 g/mol. The number of likely N-dealkylation sites (tertiary alicyclic amines) is 1. The van der Waals surface area contributed by atoms with E-state index in [1.54, 1.807) is 17.7 Å². The van der Waals surface area contributed by atoms with E-state index >= 15 is 0 Å². The molecule has 3 aliphatic rings. The summed E-state index contributed by atoms with van der Waals surface area (Å²) in [7, 11) is -0.827. The lowest BCUT2D eigenvalue weighted by atomic mass is 9.78. The number of amides is 1. The number of carbonyl (C=O) groups is 1. The predicted molar refractivity (Wildman–Crippen MR) is 158 cm³/mol. The van der Waals surface area contributed by atoms with Crippen LogP contribution in [0.2, 0.25) is 0 Å². The van der Waals surface area contributed by atoms with E-state index in [1.165, 1.54) is 5.56 Å². The Hall–Kier alpha value is -2.76. The molecule has 0 bridgehead atoms. The number of aromatic nitrogens is 4. The van der Waals surface area contributed by atoms with Crippen molar-refractivity contribution in [1.29, 1.82) is 0 Å². The number of aryl methyl sites for hydroxylation is 1. The Kier molecular flexibility index (Phi) is 5.97. The topological polar surface area (TPSA) is 104 Å². The van der Waals surface area contributed by atoms with E-state index in [4.69, 9.17) is 0 Å². The van der Waals surface area contributed by atoms with Crippen molar-refractivity contribution >= 4 is 42.9 Å². The zero-order valence-electron chi connectivity index (χ0n) is 23.5. The molecule has 0 unspecified atom stereocenters. The van der Waals surface area contributed by atoms with Gasteiger partial charge in [0.15, 0.2) is 15.5 Å². The molecule has 3 fully saturated rings. The highest BCUT2D eigenvalue weighted by Gasteiger charge is 2.57. The Bertz CT molecular complexity index is 1720. The summed E-state index contributed by atoms with van der Waals surface area (Å²) in [6.45, 7) is 8.29. The van der Waals surface area contributed by atoms with E-state index in [1.807, 2.05) is 28.7 Å². The van der Waals surface area contributed by atoms with Crippen LogP contribution in [0.15, 0.2) is 24.7 Å². The van der Waals surface area contributed by atoms with Crippen LogP contribution in [0.5, 0.6) is 0 Å². The van der Waals surface area contributed by atoms with E-state index < -0.39 is 9.84 Å². The lowest BCUT2D eigenvalue weighted by Crippen LogP contribution is -2.70. The molecule has 11 heteroatoms. The van der Waals surface area contributed by atoms with Gasteiger partial charge in [-0.15, -0.1) is 11.3 Å².